The molecule has 0 aromatic heterocycles. The average molecular weight is 198 g/mol. The minimum Gasteiger partial charge on any atom is -0.369 e. The van der Waals surface area contributed by atoms with Crippen LogP contribution in [0, 0.1) is 0 Å². The smallest absolute Gasteiger partial charge is 0.248 e. The zero-order valence-corrected chi connectivity index (χ0v) is 8.74. The van der Waals surface area contributed by atoms with Crippen molar-refractivity contribution in [3.8, 4) is 0 Å². The lowest BCUT2D eigenvalue weighted by molar-refractivity contribution is -0.152. The fraction of sp³-hybridized carbons (Fsp3) is 0.900. The van der Waals surface area contributed by atoms with Crippen molar-refractivity contribution in [3.05, 3.63) is 0 Å². The first-order chi connectivity index (χ1) is 6.81. The number of piperazine rings is 1. The lowest BCUT2D eigenvalue weighted by Crippen LogP contribution is -2.60. The van der Waals surface area contributed by atoms with Crippen molar-refractivity contribution >= 4 is 5.91 Å². The van der Waals surface area contributed by atoms with Gasteiger partial charge in [0.15, 0.2) is 0 Å². The Labute approximate surface area is 84.8 Å². The molecule has 0 aromatic rings. The van der Waals surface area contributed by atoms with Crippen LogP contribution in [0.1, 0.15) is 13.3 Å². The molecule has 0 bridgehead atoms. The van der Waals surface area contributed by atoms with Gasteiger partial charge in [0.2, 0.25) is 5.91 Å². The second-order valence-electron chi connectivity index (χ2n) is 4.06. The van der Waals surface area contributed by atoms with Gasteiger partial charge in [-0.3, -0.25) is 9.69 Å². The highest BCUT2D eigenvalue weighted by molar-refractivity contribution is 5.78. The normalized spacial score (nSPS) is 29.1. The Balaban J connectivity index is 1.93. The van der Waals surface area contributed by atoms with E-state index in [1.807, 2.05) is 4.90 Å². The zero-order valence-electron chi connectivity index (χ0n) is 8.74. The molecule has 0 saturated carbocycles. The number of ether oxygens (including phenoxy) is 1. The highest BCUT2D eigenvalue weighted by atomic mass is 16.5. The molecule has 2 aliphatic rings. The Hall–Kier alpha value is -0.610. The van der Waals surface area contributed by atoms with Gasteiger partial charge in [0.1, 0.15) is 6.61 Å². The van der Waals surface area contributed by atoms with Crippen molar-refractivity contribution in [2.75, 3.05) is 39.4 Å². The summed E-state index contributed by atoms with van der Waals surface area (Å²) in [5, 5.41) is 0. The first-order valence-corrected chi connectivity index (χ1v) is 5.41. The first-order valence-electron chi connectivity index (χ1n) is 5.41. The van der Waals surface area contributed by atoms with Gasteiger partial charge in [-0.05, 0) is 13.0 Å². The molecule has 4 heteroatoms. The molecule has 0 radical (unpaired) electrons. The molecule has 0 N–H and O–H groups in total. The van der Waals surface area contributed by atoms with Gasteiger partial charge in [0.25, 0.3) is 0 Å². The molecule has 2 aliphatic heterocycles. The molecule has 0 aliphatic carbocycles. The zero-order chi connectivity index (χ0) is 9.97. The predicted molar refractivity (Wildman–Crippen MR) is 53.1 cm³/mol. The van der Waals surface area contributed by atoms with Gasteiger partial charge >= 0.3 is 0 Å². The van der Waals surface area contributed by atoms with Crippen LogP contribution in [-0.4, -0.2) is 61.1 Å². The molecule has 1 atom stereocenters. The van der Waals surface area contributed by atoms with Crippen LogP contribution in [0.25, 0.3) is 0 Å². The summed E-state index contributed by atoms with van der Waals surface area (Å²) >= 11 is 0. The third-order valence-electron chi connectivity index (χ3n) is 2.96. The molecular weight excluding hydrogens is 180 g/mol. The Morgan fingerprint density at radius 1 is 1.50 bits per heavy atom. The van der Waals surface area contributed by atoms with Crippen LogP contribution in [0.3, 0.4) is 0 Å². The van der Waals surface area contributed by atoms with E-state index in [1.54, 1.807) is 0 Å². The minimum atomic E-state index is 0.164. The fourth-order valence-electron chi connectivity index (χ4n) is 2.28. The van der Waals surface area contributed by atoms with Gasteiger partial charge in [0, 0.05) is 19.6 Å². The van der Waals surface area contributed by atoms with Crippen molar-refractivity contribution in [1.29, 1.82) is 0 Å². The quantitative estimate of drug-likeness (QED) is 0.623. The van der Waals surface area contributed by atoms with Gasteiger partial charge in [-0.1, -0.05) is 6.92 Å². The molecule has 0 spiro atoms. The third kappa shape index (κ3) is 1.91. The summed E-state index contributed by atoms with van der Waals surface area (Å²) in [6.07, 6.45) is 1.18. The second kappa shape index (κ2) is 4.28. The molecule has 2 heterocycles. The van der Waals surface area contributed by atoms with Crippen LogP contribution in [-0.2, 0) is 9.53 Å². The summed E-state index contributed by atoms with van der Waals surface area (Å²) in [4.78, 5) is 15.9. The maximum atomic E-state index is 11.5. The van der Waals surface area contributed by atoms with E-state index in [0.29, 0.717) is 12.6 Å². The van der Waals surface area contributed by atoms with E-state index in [2.05, 4.69) is 11.8 Å². The lowest BCUT2D eigenvalue weighted by atomic mass is 10.1. The predicted octanol–water partition coefficient (Wildman–Crippen LogP) is -0.0606. The SMILES string of the molecule is CCCN1CCN2C(=O)COC[C@H]2C1. The van der Waals surface area contributed by atoms with Gasteiger partial charge in [0.05, 0.1) is 12.6 Å². The number of rotatable bonds is 2. The molecule has 0 aromatic carbocycles. The molecule has 4 nitrogen and oxygen atoms in total. The number of nitrogens with zero attached hydrogens (tertiary/aromatic N) is 2. The minimum absolute atomic E-state index is 0.164. The van der Waals surface area contributed by atoms with Crippen LogP contribution in [0.15, 0.2) is 0 Å². The van der Waals surface area contributed by atoms with Gasteiger partial charge in [-0.25, -0.2) is 0 Å². The van der Waals surface area contributed by atoms with E-state index in [9.17, 15) is 4.79 Å². The van der Waals surface area contributed by atoms with E-state index in [4.69, 9.17) is 4.74 Å². The van der Waals surface area contributed by atoms with E-state index >= 15 is 0 Å². The van der Waals surface area contributed by atoms with Crippen molar-refractivity contribution in [3.63, 3.8) is 0 Å². The van der Waals surface area contributed by atoms with Crippen LogP contribution >= 0.6 is 0 Å². The number of hydrogen-bond acceptors (Lipinski definition) is 3. The number of hydrogen-bond donors (Lipinski definition) is 0. The van der Waals surface area contributed by atoms with Crippen molar-refractivity contribution in [2.24, 2.45) is 0 Å². The summed E-state index contributed by atoms with van der Waals surface area (Å²) in [6, 6.07) is 0.302. The summed E-state index contributed by atoms with van der Waals surface area (Å²) in [5.41, 5.74) is 0. The maximum absolute atomic E-state index is 11.5. The van der Waals surface area contributed by atoms with Crippen molar-refractivity contribution in [1.82, 2.24) is 9.80 Å². The maximum Gasteiger partial charge on any atom is 0.248 e. The molecule has 2 rings (SSSR count). The van der Waals surface area contributed by atoms with Crippen LogP contribution in [0.2, 0.25) is 0 Å². The van der Waals surface area contributed by atoms with E-state index < -0.39 is 0 Å². The average Bonchev–Trinajstić information content (AvgIpc) is 2.18. The van der Waals surface area contributed by atoms with Gasteiger partial charge in [-0.2, -0.15) is 0 Å². The van der Waals surface area contributed by atoms with E-state index in [-0.39, 0.29) is 12.5 Å². The van der Waals surface area contributed by atoms with Crippen LogP contribution in [0.4, 0.5) is 0 Å². The highest BCUT2D eigenvalue weighted by Crippen LogP contribution is 2.14. The molecule has 14 heavy (non-hydrogen) atoms. The lowest BCUT2D eigenvalue weighted by Gasteiger charge is -2.43. The van der Waals surface area contributed by atoms with Crippen LogP contribution in [0.5, 0.6) is 0 Å². The molecule has 2 fully saturated rings. The summed E-state index contributed by atoms with van der Waals surface area (Å²) in [6.45, 7) is 7.21. The molecule has 0 unspecified atom stereocenters. The third-order valence-corrected chi connectivity index (χ3v) is 2.96. The Kier molecular flexibility index (Phi) is 3.03. The van der Waals surface area contributed by atoms with Crippen molar-refractivity contribution in [2.45, 2.75) is 19.4 Å². The van der Waals surface area contributed by atoms with Gasteiger partial charge in [-0.15, -0.1) is 0 Å². The monoisotopic (exact) mass is 198 g/mol. The topological polar surface area (TPSA) is 32.8 Å². The molecule has 1 amide bonds. The van der Waals surface area contributed by atoms with Gasteiger partial charge < -0.3 is 9.64 Å². The molecular formula is C10H18N2O2. The number of morpholine rings is 1. The molecule has 80 valence electrons. The summed E-state index contributed by atoms with van der Waals surface area (Å²) < 4.78 is 5.26. The Morgan fingerprint density at radius 3 is 3.14 bits per heavy atom. The summed E-state index contributed by atoms with van der Waals surface area (Å²) in [7, 11) is 0. The highest BCUT2D eigenvalue weighted by Gasteiger charge is 2.33. The number of carbonyl (C=O) groups excluding carboxylic acids is 1. The second-order valence-corrected chi connectivity index (χ2v) is 4.06. The largest absolute Gasteiger partial charge is 0.369 e. The Bertz CT molecular complexity index is 220. The van der Waals surface area contributed by atoms with Crippen molar-refractivity contribution < 1.29 is 9.53 Å². The van der Waals surface area contributed by atoms with E-state index in [0.717, 1.165) is 26.2 Å². The number of amides is 1. The number of carbonyl (C=O) groups is 1. The van der Waals surface area contributed by atoms with Crippen LogP contribution < -0.4 is 0 Å². The van der Waals surface area contributed by atoms with E-state index in [1.165, 1.54) is 6.42 Å². The standard InChI is InChI=1S/C10H18N2O2/c1-2-3-11-4-5-12-9(6-11)7-14-8-10(12)13/h9H,2-8H2,1H3/t9-/m1/s1. The molecule has 2 saturated heterocycles. The fourth-order valence-corrected chi connectivity index (χ4v) is 2.28. The number of fused-ring (bicyclic) bond motifs is 1. The Morgan fingerprint density at radius 2 is 2.36 bits per heavy atom. The first kappa shape index (κ1) is 9.93. The summed E-state index contributed by atoms with van der Waals surface area (Å²) in [5.74, 6) is 0.164.